The largest absolute Gasteiger partial charge is 0.314 e. The van der Waals surface area contributed by atoms with Crippen LogP contribution in [-0.4, -0.2) is 44.2 Å². The highest BCUT2D eigenvalue weighted by molar-refractivity contribution is 7.89. The highest BCUT2D eigenvalue weighted by atomic mass is 32.2. The fraction of sp³-hybridized carbons (Fsp3) is 0.750. The molecule has 0 radical (unpaired) electrons. The van der Waals surface area contributed by atoms with E-state index in [0.29, 0.717) is 6.54 Å². The van der Waals surface area contributed by atoms with E-state index in [0.717, 1.165) is 13.1 Å². The van der Waals surface area contributed by atoms with E-state index in [1.807, 2.05) is 6.92 Å². The van der Waals surface area contributed by atoms with Crippen molar-refractivity contribution in [3.63, 3.8) is 0 Å². The lowest BCUT2D eigenvalue weighted by Gasteiger charge is -2.32. The summed E-state index contributed by atoms with van der Waals surface area (Å²) in [4.78, 5) is 0. The van der Waals surface area contributed by atoms with Crippen LogP contribution in [0.4, 0.5) is 0 Å². The summed E-state index contributed by atoms with van der Waals surface area (Å²) >= 11 is 0. The Labute approximate surface area is 79.7 Å². The molecule has 1 N–H and O–H groups in total. The Hall–Kier alpha value is -0.390. The van der Waals surface area contributed by atoms with Crippen LogP contribution in [0.1, 0.15) is 6.92 Å². The van der Waals surface area contributed by atoms with Gasteiger partial charge < -0.3 is 5.32 Å². The second kappa shape index (κ2) is 4.21. The maximum atomic E-state index is 11.6. The molecule has 0 spiro atoms. The van der Waals surface area contributed by atoms with Gasteiger partial charge in [0.2, 0.25) is 10.0 Å². The third-order valence-electron chi connectivity index (χ3n) is 2.13. The normalized spacial score (nSPS) is 25.8. The van der Waals surface area contributed by atoms with Crippen molar-refractivity contribution in [1.29, 1.82) is 0 Å². The van der Waals surface area contributed by atoms with Gasteiger partial charge >= 0.3 is 0 Å². The lowest BCUT2D eigenvalue weighted by Crippen LogP contribution is -2.52. The topological polar surface area (TPSA) is 49.4 Å². The Morgan fingerprint density at radius 1 is 1.69 bits per heavy atom. The SMILES string of the molecule is C=CCS(=O)(=O)N1CCNC[C@H]1C. The van der Waals surface area contributed by atoms with Gasteiger partial charge in [0.05, 0.1) is 5.75 Å². The summed E-state index contributed by atoms with van der Waals surface area (Å²) in [5.41, 5.74) is 0. The lowest BCUT2D eigenvalue weighted by molar-refractivity contribution is 0.285. The molecule has 1 atom stereocenters. The molecule has 4 nitrogen and oxygen atoms in total. The van der Waals surface area contributed by atoms with E-state index in [1.165, 1.54) is 6.08 Å². The lowest BCUT2D eigenvalue weighted by atomic mass is 10.3. The van der Waals surface area contributed by atoms with E-state index < -0.39 is 10.0 Å². The van der Waals surface area contributed by atoms with Gasteiger partial charge in [-0.3, -0.25) is 0 Å². The molecule has 0 aromatic heterocycles. The van der Waals surface area contributed by atoms with E-state index in [9.17, 15) is 8.42 Å². The number of hydrogen-bond donors (Lipinski definition) is 1. The van der Waals surface area contributed by atoms with Crippen molar-refractivity contribution >= 4 is 10.0 Å². The molecule has 0 saturated carbocycles. The molecule has 1 aliphatic rings. The zero-order valence-corrected chi connectivity index (χ0v) is 8.68. The molecule has 1 heterocycles. The number of piperazine rings is 1. The van der Waals surface area contributed by atoms with E-state index in [1.54, 1.807) is 4.31 Å². The second-order valence-corrected chi connectivity index (χ2v) is 5.20. The van der Waals surface area contributed by atoms with Crippen LogP contribution in [0.15, 0.2) is 12.7 Å². The van der Waals surface area contributed by atoms with Crippen LogP contribution >= 0.6 is 0 Å². The predicted molar refractivity (Wildman–Crippen MR) is 53.0 cm³/mol. The van der Waals surface area contributed by atoms with Gasteiger partial charge in [-0.05, 0) is 6.92 Å². The molecule has 0 amide bonds. The Balaban J connectivity index is 2.73. The Kier molecular flexibility index (Phi) is 3.47. The molecule has 1 aliphatic heterocycles. The smallest absolute Gasteiger partial charge is 0.217 e. The first-order chi connectivity index (χ1) is 6.08. The molecule has 1 fully saturated rings. The molecule has 0 aromatic carbocycles. The van der Waals surface area contributed by atoms with Crippen molar-refractivity contribution in [1.82, 2.24) is 9.62 Å². The number of hydrogen-bond acceptors (Lipinski definition) is 3. The first-order valence-corrected chi connectivity index (χ1v) is 6.00. The summed E-state index contributed by atoms with van der Waals surface area (Å²) < 4.78 is 24.8. The Morgan fingerprint density at radius 3 is 2.92 bits per heavy atom. The summed E-state index contributed by atoms with van der Waals surface area (Å²) in [6, 6.07) is 0.0544. The number of sulfonamides is 1. The zero-order chi connectivity index (χ0) is 9.90. The zero-order valence-electron chi connectivity index (χ0n) is 7.86. The summed E-state index contributed by atoms with van der Waals surface area (Å²) in [7, 11) is -3.11. The van der Waals surface area contributed by atoms with Gasteiger partial charge in [0.15, 0.2) is 0 Å². The van der Waals surface area contributed by atoms with Crippen molar-refractivity contribution in [2.45, 2.75) is 13.0 Å². The number of nitrogens with zero attached hydrogens (tertiary/aromatic N) is 1. The van der Waals surface area contributed by atoms with Gasteiger partial charge in [0, 0.05) is 25.7 Å². The second-order valence-electron chi connectivity index (χ2n) is 3.23. The van der Waals surface area contributed by atoms with Gasteiger partial charge in [0.1, 0.15) is 0 Å². The third kappa shape index (κ3) is 2.52. The van der Waals surface area contributed by atoms with Gasteiger partial charge in [-0.15, -0.1) is 6.58 Å². The van der Waals surface area contributed by atoms with Crippen LogP contribution in [0, 0.1) is 0 Å². The highest BCUT2D eigenvalue weighted by Crippen LogP contribution is 2.09. The van der Waals surface area contributed by atoms with Crippen LogP contribution in [0.3, 0.4) is 0 Å². The van der Waals surface area contributed by atoms with Gasteiger partial charge in [0.25, 0.3) is 0 Å². The van der Waals surface area contributed by atoms with Crippen LogP contribution in [0.5, 0.6) is 0 Å². The van der Waals surface area contributed by atoms with E-state index in [2.05, 4.69) is 11.9 Å². The maximum absolute atomic E-state index is 11.6. The molecule has 5 heteroatoms. The Bertz CT molecular complexity index is 274. The fourth-order valence-electron chi connectivity index (χ4n) is 1.48. The van der Waals surface area contributed by atoms with Crippen molar-refractivity contribution in [3.8, 4) is 0 Å². The molecular formula is C8H16N2O2S. The van der Waals surface area contributed by atoms with Crippen LogP contribution in [-0.2, 0) is 10.0 Å². The fourth-order valence-corrected chi connectivity index (χ4v) is 2.96. The van der Waals surface area contributed by atoms with Crippen LogP contribution in [0.25, 0.3) is 0 Å². The van der Waals surface area contributed by atoms with Crippen molar-refractivity contribution in [3.05, 3.63) is 12.7 Å². The number of nitrogens with one attached hydrogen (secondary N) is 1. The van der Waals surface area contributed by atoms with Gasteiger partial charge in [-0.1, -0.05) is 6.08 Å². The summed E-state index contributed by atoms with van der Waals surface area (Å²) in [5, 5.41) is 3.15. The third-order valence-corrected chi connectivity index (χ3v) is 4.04. The standard InChI is InChI=1S/C8H16N2O2S/c1-3-6-13(11,12)10-5-4-9-7-8(10)2/h3,8-9H,1,4-7H2,2H3/t8-/m1/s1. The monoisotopic (exact) mass is 204 g/mol. The van der Waals surface area contributed by atoms with Gasteiger partial charge in [-0.2, -0.15) is 4.31 Å². The van der Waals surface area contributed by atoms with Crippen molar-refractivity contribution in [2.75, 3.05) is 25.4 Å². The maximum Gasteiger partial charge on any atom is 0.217 e. The average Bonchev–Trinajstić information content (AvgIpc) is 2.04. The summed E-state index contributed by atoms with van der Waals surface area (Å²) in [6.45, 7) is 7.39. The minimum Gasteiger partial charge on any atom is -0.314 e. The minimum atomic E-state index is -3.11. The van der Waals surface area contributed by atoms with E-state index in [4.69, 9.17) is 0 Å². The highest BCUT2D eigenvalue weighted by Gasteiger charge is 2.27. The predicted octanol–water partition coefficient (Wildman–Crippen LogP) is -0.204. The van der Waals surface area contributed by atoms with Crippen molar-refractivity contribution in [2.24, 2.45) is 0 Å². The minimum absolute atomic E-state index is 0.0390. The molecule has 1 rings (SSSR count). The van der Waals surface area contributed by atoms with Crippen LogP contribution < -0.4 is 5.32 Å². The van der Waals surface area contributed by atoms with E-state index >= 15 is 0 Å². The molecule has 0 bridgehead atoms. The number of rotatable bonds is 3. The summed E-state index contributed by atoms with van der Waals surface area (Å²) in [6.07, 6.45) is 1.43. The van der Waals surface area contributed by atoms with Crippen molar-refractivity contribution < 1.29 is 8.42 Å². The molecule has 76 valence electrons. The Morgan fingerprint density at radius 2 is 2.38 bits per heavy atom. The first-order valence-electron chi connectivity index (χ1n) is 4.39. The molecule has 0 aromatic rings. The molecule has 13 heavy (non-hydrogen) atoms. The molecule has 1 saturated heterocycles. The van der Waals surface area contributed by atoms with Crippen LogP contribution in [0.2, 0.25) is 0 Å². The molecule has 0 unspecified atom stereocenters. The molecule has 0 aliphatic carbocycles. The van der Waals surface area contributed by atoms with E-state index in [-0.39, 0.29) is 11.8 Å². The summed E-state index contributed by atoms with van der Waals surface area (Å²) in [5.74, 6) is 0.0390. The van der Waals surface area contributed by atoms with Gasteiger partial charge in [-0.25, -0.2) is 8.42 Å². The quantitative estimate of drug-likeness (QED) is 0.647. The average molecular weight is 204 g/mol. The molecular weight excluding hydrogens is 188 g/mol. The first kappa shape index (κ1) is 10.7.